The fourth-order valence-corrected chi connectivity index (χ4v) is 2.43. The number of nitrogens with zero attached hydrogens (tertiary/aromatic N) is 6. The summed E-state index contributed by atoms with van der Waals surface area (Å²) < 4.78 is 3.68. The van der Waals surface area contributed by atoms with Crippen molar-refractivity contribution in [1.82, 2.24) is 34.8 Å². The lowest BCUT2D eigenvalue weighted by molar-refractivity contribution is 0.202. The van der Waals surface area contributed by atoms with E-state index in [-0.39, 0.29) is 12.1 Å². The summed E-state index contributed by atoms with van der Waals surface area (Å²) in [5, 5.41) is 11.4. The molecule has 0 aliphatic carbocycles. The number of rotatable bonds is 7. The van der Waals surface area contributed by atoms with E-state index in [4.69, 9.17) is 0 Å². The van der Waals surface area contributed by atoms with Crippen LogP contribution >= 0.6 is 0 Å². The highest BCUT2D eigenvalue weighted by Gasteiger charge is 2.12. The Balaban J connectivity index is 1.71. The van der Waals surface area contributed by atoms with Crippen LogP contribution in [0.2, 0.25) is 0 Å². The second-order valence-electron chi connectivity index (χ2n) is 5.89. The van der Waals surface area contributed by atoms with Crippen LogP contribution in [0.5, 0.6) is 0 Å². The Morgan fingerprint density at radius 1 is 1.43 bits per heavy atom. The molecular formula is C15H25N7O. The van der Waals surface area contributed by atoms with Crippen molar-refractivity contribution in [3.63, 3.8) is 0 Å². The molecule has 2 rings (SSSR count). The van der Waals surface area contributed by atoms with Crippen molar-refractivity contribution in [2.45, 2.75) is 46.3 Å². The molecular weight excluding hydrogens is 294 g/mol. The van der Waals surface area contributed by atoms with Gasteiger partial charge in [0.2, 0.25) is 0 Å². The maximum Gasteiger partial charge on any atom is 0.317 e. The number of nitrogens with one attached hydrogen (secondary N) is 1. The first-order chi connectivity index (χ1) is 11.0. The van der Waals surface area contributed by atoms with Gasteiger partial charge in [-0.25, -0.2) is 9.78 Å². The minimum absolute atomic E-state index is 0.0114. The van der Waals surface area contributed by atoms with E-state index >= 15 is 0 Å². The number of hydrogen-bond acceptors (Lipinski definition) is 4. The SMILES string of the molecule is Cc1cc(C)n(CCCN(C)C(=O)N[C@H](C)Cn2cncn2)n1. The summed E-state index contributed by atoms with van der Waals surface area (Å²) in [4.78, 5) is 17.7. The molecule has 1 atom stereocenters. The molecule has 0 aromatic carbocycles. The zero-order valence-electron chi connectivity index (χ0n) is 14.2. The second kappa shape index (κ2) is 7.75. The largest absolute Gasteiger partial charge is 0.334 e. The van der Waals surface area contributed by atoms with E-state index in [0.717, 1.165) is 24.4 Å². The standard InChI is InChI=1S/C15H25N7O/c1-12-8-14(3)22(19-12)7-5-6-20(4)15(23)18-13(2)9-21-11-16-10-17-21/h8,10-11,13H,5-7,9H2,1-4H3,(H,18,23)/t13-/m1/s1. The van der Waals surface area contributed by atoms with Gasteiger partial charge in [-0.3, -0.25) is 9.36 Å². The minimum atomic E-state index is -0.0778. The molecule has 2 amide bonds. The Kier molecular flexibility index (Phi) is 5.72. The Labute approximate surface area is 136 Å². The Morgan fingerprint density at radius 2 is 2.22 bits per heavy atom. The fourth-order valence-electron chi connectivity index (χ4n) is 2.43. The van der Waals surface area contributed by atoms with Crippen LogP contribution in [-0.4, -0.2) is 55.1 Å². The molecule has 0 aliphatic heterocycles. The predicted octanol–water partition coefficient (Wildman–Crippen LogP) is 1.21. The van der Waals surface area contributed by atoms with Gasteiger partial charge >= 0.3 is 6.03 Å². The van der Waals surface area contributed by atoms with Gasteiger partial charge in [-0.15, -0.1) is 0 Å². The number of aryl methyl sites for hydroxylation is 3. The number of aromatic nitrogens is 5. The highest BCUT2D eigenvalue weighted by atomic mass is 16.2. The zero-order valence-corrected chi connectivity index (χ0v) is 14.2. The maximum absolute atomic E-state index is 12.1. The third-order valence-corrected chi connectivity index (χ3v) is 3.61. The van der Waals surface area contributed by atoms with E-state index in [2.05, 4.69) is 26.6 Å². The Hall–Kier alpha value is -2.38. The molecule has 1 N–H and O–H groups in total. The zero-order chi connectivity index (χ0) is 16.8. The average molecular weight is 319 g/mol. The molecule has 0 fully saturated rings. The molecule has 8 nitrogen and oxygen atoms in total. The third kappa shape index (κ3) is 5.08. The second-order valence-corrected chi connectivity index (χ2v) is 5.89. The van der Waals surface area contributed by atoms with E-state index in [0.29, 0.717) is 13.1 Å². The molecule has 0 aliphatic rings. The van der Waals surface area contributed by atoms with Crippen molar-refractivity contribution in [1.29, 1.82) is 0 Å². The first kappa shape index (κ1) is 17.0. The Bertz CT molecular complexity index is 620. The number of carbonyl (C=O) groups excluding carboxylic acids is 1. The summed E-state index contributed by atoms with van der Waals surface area (Å²) in [6.45, 7) is 8.07. The van der Waals surface area contributed by atoms with Crippen LogP contribution in [-0.2, 0) is 13.1 Å². The lowest BCUT2D eigenvalue weighted by Gasteiger charge is -2.21. The predicted molar refractivity (Wildman–Crippen MR) is 87.0 cm³/mol. The van der Waals surface area contributed by atoms with Crippen LogP contribution in [0.1, 0.15) is 24.7 Å². The van der Waals surface area contributed by atoms with E-state index < -0.39 is 0 Å². The summed E-state index contributed by atoms with van der Waals surface area (Å²) in [5.41, 5.74) is 2.17. The van der Waals surface area contributed by atoms with Crippen LogP contribution in [0.4, 0.5) is 4.79 Å². The van der Waals surface area contributed by atoms with Gasteiger partial charge in [0.1, 0.15) is 12.7 Å². The number of hydrogen-bond donors (Lipinski definition) is 1. The van der Waals surface area contributed by atoms with Gasteiger partial charge in [-0.05, 0) is 33.3 Å². The molecule has 2 heterocycles. The average Bonchev–Trinajstić information content (AvgIpc) is 3.08. The molecule has 8 heteroatoms. The monoisotopic (exact) mass is 319 g/mol. The Morgan fingerprint density at radius 3 is 2.83 bits per heavy atom. The topological polar surface area (TPSA) is 80.9 Å². The van der Waals surface area contributed by atoms with Crippen molar-refractivity contribution in [2.75, 3.05) is 13.6 Å². The summed E-state index contributed by atoms with van der Waals surface area (Å²) in [5.74, 6) is 0. The molecule has 2 aromatic heterocycles. The molecule has 126 valence electrons. The smallest absolute Gasteiger partial charge is 0.317 e. The molecule has 2 aromatic rings. The lowest BCUT2D eigenvalue weighted by Crippen LogP contribution is -2.44. The summed E-state index contributed by atoms with van der Waals surface area (Å²) in [7, 11) is 1.80. The first-order valence-electron chi connectivity index (χ1n) is 7.81. The summed E-state index contributed by atoms with van der Waals surface area (Å²) in [6.07, 6.45) is 3.99. The molecule has 0 saturated heterocycles. The summed E-state index contributed by atoms with van der Waals surface area (Å²) >= 11 is 0. The number of urea groups is 1. The third-order valence-electron chi connectivity index (χ3n) is 3.61. The van der Waals surface area contributed by atoms with Gasteiger partial charge in [0.25, 0.3) is 0 Å². The van der Waals surface area contributed by atoms with Crippen molar-refractivity contribution >= 4 is 6.03 Å². The van der Waals surface area contributed by atoms with Crippen molar-refractivity contribution in [2.24, 2.45) is 0 Å². The van der Waals surface area contributed by atoms with Gasteiger partial charge in [0.15, 0.2) is 0 Å². The quantitative estimate of drug-likeness (QED) is 0.832. The molecule has 23 heavy (non-hydrogen) atoms. The maximum atomic E-state index is 12.1. The highest BCUT2D eigenvalue weighted by molar-refractivity contribution is 5.74. The van der Waals surface area contributed by atoms with Gasteiger partial charge in [-0.2, -0.15) is 10.2 Å². The van der Waals surface area contributed by atoms with Crippen LogP contribution in [0, 0.1) is 13.8 Å². The van der Waals surface area contributed by atoms with Gasteiger partial charge < -0.3 is 10.2 Å². The molecule has 0 radical (unpaired) electrons. The van der Waals surface area contributed by atoms with Gasteiger partial charge in [-0.1, -0.05) is 0 Å². The highest BCUT2D eigenvalue weighted by Crippen LogP contribution is 2.03. The van der Waals surface area contributed by atoms with Crippen LogP contribution < -0.4 is 5.32 Å². The molecule has 0 saturated carbocycles. The first-order valence-corrected chi connectivity index (χ1v) is 7.81. The normalized spacial score (nSPS) is 12.2. The van der Waals surface area contributed by atoms with Crippen LogP contribution in [0.25, 0.3) is 0 Å². The fraction of sp³-hybridized carbons (Fsp3) is 0.600. The van der Waals surface area contributed by atoms with E-state index in [1.807, 2.05) is 25.5 Å². The van der Waals surface area contributed by atoms with Gasteiger partial charge in [0.05, 0.1) is 12.2 Å². The van der Waals surface area contributed by atoms with Crippen LogP contribution in [0.15, 0.2) is 18.7 Å². The lowest BCUT2D eigenvalue weighted by atomic mass is 10.3. The molecule has 0 unspecified atom stereocenters. The van der Waals surface area contributed by atoms with E-state index in [1.165, 1.54) is 6.33 Å². The van der Waals surface area contributed by atoms with E-state index in [1.54, 1.807) is 23.0 Å². The summed E-state index contributed by atoms with van der Waals surface area (Å²) in [6, 6.07) is 1.97. The minimum Gasteiger partial charge on any atom is -0.334 e. The van der Waals surface area contributed by atoms with Crippen molar-refractivity contribution in [3.8, 4) is 0 Å². The number of amides is 2. The van der Waals surface area contributed by atoms with Crippen molar-refractivity contribution < 1.29 is 4.79 Å². The number of carbonyl (C=O) groups is 1. The molecule has 0 bridgehead atoms. The molecule has 0 spiro atoms. The van der Waals surface area contributed by atoms with Crippen LogP contribution in [0.3, 0.4) is 0 Å². The van der Waals surface area contributed by atoms with Gasteiger partial charge in [0, 0.05) is 31.9 Å². The van der Waals surface area contributed by atoms with Crippen molar-refractivity contribution in [3.05, 3.63) is 30.1 Å². The van der Waals surface area contributed by atoms with E-state index in [9.17, 15) is 4.79 Å².